The number of alkyl halides is 1. The molecule has 0 heterocycles. The molecular formula is C9H11FN2O. The van der Waals surface area contributed by atoms with E-state index in [1.807, 2.05) is 6.07 Å². The smallest absolute Gasteiger partial charge is 0.312 e. The first kappa shape index (κ1) is 9.51. The molecule has 2 amide bonds. The maximum absolute atomic E-state index is 12.4. The Bertz CT molecular complexity index is 276. The molecule has 0 radical (unpaired) electrons. The number of carbonyl (C=O) groups excluding carboxylic acids is 1. The molecule has 0 saturated heterocycles. The highest BCUT2D eigenvalue weighted by Gasteiger charge is 2.11. The van der Waals surface area contributed by atoms with Gasteiger partial charge >= 0.3 is 6.03 Å². The van der Waals surface area contributed by atoms with Crippen molar-refractivity contribution in [2.45, 2.75) is 6.04 Å². The zero-order valence-electron chi connectivity index (χ0n) is 7.03. The maximum atomic E-state index is 12.4. The fourth-order valence-corrected chi connectivity index (χ4v) is 1.07. The number of benzene rings is 1. The van der Waals surface area contributed by atoms with Crippen molar-refractivity contribution in [2.24, 2.45) is 5.73 Å². The van der Waals surface area contributed by atoms with E-state index in [-0.39, 0.29) is 0 Å². The molecule has 1 unspecified atom stereocenters. The SMILES string of the molecule is NC(=O)NC(CF)c1ccccc1. The van der Waals surface area contributed by atoms with Crippen molar-refractivity contribution in [1.29, 1.82) is 0 Å². The zero-order chi connectivity index (χ0) is 9.68. The lowest BCUT2D eigenvalue weighted by Crippen LogP contribution is -2.34. The Labute approximate surface area is 75.7 Å². The van der Waals surface area contributed by atoms with Gasteiger partial charge < -0.3 is 11.1 Å². The third-order valence-electron chi connectivity index (χ3n) is 1.67. The summed E-state index contributed by atoms with van der Waals surface area (Å²) in [5.41, 5.74) is 5.60. The van der Waals surface area contributed by atoms with Gasteiger partial charge in [0.15, 0.2) is 0 Å². The lowest BCUT2D eigenvalue weighted by molar-refractivity contribution is 0.242. The van der Waals surface area contributed by atoms with E-state index in [0.29, 0.717) is 5.56 Å². The molecule has 1 atom stereocenters. The van der Waals surface area contributed by atoms with Crippen molar-refractivity contribution in [3.63, 3.8) is 0 Å². The standard InChI is InChI=1S/C9H11FN2O/c10-6-8(12-9(11)13)7-4-2-1-3-5-7/h1-5,8H,6H2,(H3,11,12,13). The predicted molar refractivity (Wildman–Crippen MR) is 47.9 cm³/mol. The Kier molecular flexibility index (Phi) is 3.25. The first-order valence-corrected chi connectivity index (χ1v) is 3.91. The summed E-state index contributed by atoms with van der Waals surface area (Å²) in [7, 11) is 0. The van der Waals surface area contributed by atoms with Crippen LogP contribution in [-0.2, 0) is 0 Å². The predicted octanol–water partition coefficient (Wildman–Crippen LogP) is 1.37. The minimum Gasteiger partial charge on any atom is -0.352 e. The van der Waals surface area contributed by atoms with Crippen LogP contribution in [0.5, 0.6) is 0 Å². The lowest BCUT2D eigenvalue weighted by atomic mass is 10.1. The first-order valence-electron chi connectivity index (χ1n) is 3.91. The molecule has 0 fully saturated rings. The van der Waals surface area contributed by atoms with Gasteiger partial charge in [0, 0.05) is 0 Å². The number of urea groups is 1. The van der Waals surface area contributed by atoms with Crippen LogP contribution >= 0.6 is 0 Å². The van der Waals surface area contributed by atoms with Crippen molar-refractivity contribution in [2.75, 3.05) is 6.67 Å². The van der Waals surface area contributed by atoms with E-state index in [1.54, 1.807) is 24.3 Å². The van der Waals surface area contributed by atoms with E-state index in [9.17, 15) is 9.18 Å². The number of primary amides is 1. The van der Waals surface area contributed by atoms with Crippen LogP contribution in [0.1, 0.15) is 11.6 Å². The molecule has 0 spiro atoms. The summed E-state index contributed by atoms with van der Waals surface area (Å²) < 4.78 is 12.4. The van der Waals surface area contributed by atoms with Crippen molar-refractivity contribution in [3.8, 4) is 0 Å². The van der Waals surface area contributed by atoms with Crippen LogP contribution in [0.15, 0.2) is 30.3 Å². The quantitative estimate of drug-likeness (QED) is 0.728. The number of carbonyl (C=O) groups is 1. The van der Waals surface area contributed by atoms with Gasteiger partial charge in [0.2, 0.25) is 0 Å². The van der Waals surface area contributed by atoms with E-state index in [1.165, 1.54) is 0 Å². The normalized spacial score (nSPS) is 12.1. The number of amides is 2. The molecule has 0 aliphatic carbocycles. The van der Waals surface area contributed by atoms with Crippen LogP contribution < -0.4 is 11.1 Å². The summed E-state index contributed by atoms with van der Waals surface area (Å²) >= 11 is 0. The molecule has 3 nitrogen and oxygen atoms in total. The van der Waals surface area contributed by atoms with Gasteiger partial charge in [-0.3, -0.25) is 0 Å². The fourth-order valence-electron chi connectivity index (χ4n) is 1.07. The third kappa shape index (κ3) is 2.74. The van der Waals surface area contributed by atoms with Crippen LogP contribution in [0.25, 0.3) is 0 Å². The van der Waals surface area contributed by atoms with Crippen molar-refractivity contribution in [3.05, 3.63) is 35.9 Å². The van der Waals surface area contributed by atoms with Crippen LogP contribution in [-0.4, -0.2) is 12.7 Å². The van der Waals surface area contributed by atoms with Crippen molar-refractivity contribution < 1.29 is 9.18 Å². The van der Waals surface area contributed by atoms with E-state index in [0.717, 1.165) is 0 Å². The highest BCUT2D eigenvalue weighted by Crippen LogP contribution is 2.12. The monoisotopic (exact) mass is 182 g/mol. The molecule has 0 aromatic heterocycles. The van der Waals surface area contributed by atoms with Gasteiger partial charge in [-0.25, -0.2) is 9.18 Å². The fraction of sp³-hybridized carbons (Fsp3) is 0.222. The summed E-state index contributed by atoms with van der Waals surface area (Å²) in [5.74, 6) is 0. The molecule has 13 heavy (non-hydrogen) atoms. The second kappa shape index (κ2) is 4.45. The van der Waals surface area contributed by atoms with Gasteiger partial charge in [0.25, 0.3) is 0 Å². The molecule has 70 valence electrons. The molecular weight excluding hydrogens is 171 g/mol. The number of nitrogens with one attached hydrogen (secondary N) is 1. The molecule has 0 bridgehead atoms. The number of rotatable bonds is 3. The van der Waals surface area contributed by atoms with Gasteiger partial charge in [-0.1, -0.05) is 30.3 Å². The van der Waals surface area contributed by atoms with Crippen LogP contribution in [0.2, 0.25) is 0 Å². The second-order valence-corrected chi connectivity index (χ2v) is 2.63. The van der Waals surface area contributed by atoms with Crippen molar-refractivity contribution in [1.82, 2.24) is 5.32 Å². The number of hydrogen-bond donors (Lipinski definition) is 2. The summed E-state index contributed by atoms with van der Waals surface area (Å²) in [6.45, 7) is -0.660. The number of nitrogens with two attached hydrogens (primary N) is 1. The van der Waals surface area contributed by atoms with Gasteiger partial charge in [-0.2, -0.15) is 0 Å². The van der Waals surface area contributed by atoms with Crippen LogP contribution in [0, 0.1) is 0 Å². The Morgan fingerprint density at radius 3 is 2.54 bits per heavy atom. The topological polar surface area (TPSA) is 55.1 Å². The minimum atomic E-state index is -0.716. The van der Waals surface area contributed by atoms with Gasteiger partial charge in [0.1, 0.15) is 6.67 Å². The van der Waals surface area contributed by atoms with E-state index in [2.05, 4.69) is 5.32 Å². The van der Waals surface area contributed by atoms with Gasteiger partial charge in [-0.15, -0.1) is 0 Å². The summed E-state index contributed by atoms with van der Waals surface area (Å²) in [6.07, 6.45) is 0. The summed E-state index contributed by atoms with van der Waals surface area (Å²) in [5, 5.41) is 2.31. The van der Waals surface area contributed by atoms with Crippen molar-refractivity contribution >= 4 is 6.03 Å². The number of halogens is 1. The molecule has 3 N–H and O–H groups in total. The van der Waals surface area contributed by atoms with E-state index in [4.69, 9.17) is 5.73 Å². The average Bonchev–Trinajstić information content (AvgIpc) is 2.15. The molecule has 4 heteroatoms. The Morgan fingerprint density at radius 1 is 1.46 bits per heavy atom. The van der Waals surface area contributed by atoms with Gasteiger partial charge in [0.05, 0.1) is 6.04 Å². The first-order chi connectivity index (χ1) is 6.24. The van der Waals surface area contributed by atoms with Crippen LogP contribution in [0.3, 0.4) is 0 Å². The molecule has 0 aliphatic rings. The summed E-state index contributed by atoms with van der Waals surface area (Å²) in [6, 6.07) is 7.50. The number of hydrogen-bond acceptors (Lipinski definition) is 1. The molecule has 1 rings (SSSR count). The zero-order valence-corrected chi connectivity index (χ0v) is 7.03. The molecule has 0 saturated carbocycles. The molecule has 1 aromatic carbocycles. The van der Waals surface area contributed by atoms with Gasteiger partial charge in [-0.05, 0) is 5.56 Å². The summed E-state index contributed by atoms with van der Waals surface area (Å²) in [4.78, 5) is 10.5. The Hall–Kier alpha value is -1.58. The minimum absolute atomic E-state index is 0.640. The molecule has 0 aliphatic heterocycles. The Morgan fingerprint density at radius 2 is 2.08 bits per heavy atom. The van der Waals surface area contributed by atoms with Crippen LogP contribution in [0.4, 0.5) is 9.18 Å². The highest BCUT2D eigenvalue weighted by molar-refractivity contribution is 5.72. The largest absolute Gasteiger partial charge is 0.352 e. The second-order valence-electron chi connectivity index (χ2n) is 2.63. The lowest BCUT2D eigenvalue weighted by Gasteiger charge is -2.13. The average molecular weight is 182 g/mol. The Balaban J connectivity index is 2.73. The van der Waals surface area contributed by atoms with E-state index >= 15 is 0 Å². The van der Waals surface area contributed by atoms with E-state index < -0.39 is 18.7 Å². The molecule has 1 aromatic rings. The highest BCUT2D eigenvalue weighted by atomic mass is 19.1. The maximum Gasteiger partial charge on any atom is 0.312 e. The third-order valence-corrected chi connectivity index (χ3v) is 1.67.